The molecule has 0 saturated carbocycles. The third-order valence-corrected chi connectivity index (χ3v) is 8.40. The predicted octanol–water partition coefficient (Wildman–Crippen LogP) is 7.27. The molecule has 3 aliphatic rings. The van der Waals surface area contributed by atoms with Crippen LogP contribution in [0.3, 0.4) is 0 Å². The Kier molecular flexibility index (Phi) is 8.07. The van der Waals surface area contributed by atoms with E-state index in [1.54, 1.807) is 18.2 Å². The van der Waals surface area contributed by atoms with Gasteiger partial charge in [0.2, 0.25) is 0 Å². The molecule has 8 nitrogen and oxygen atoms in total. The lowest BCUT2D eigenvalue weighted by atomic mass is 9.64. The molecule has 1 N–H and O–H groups in total. The van der Waals surface area contributed by atoms with Gasteiger partial charge in [0, 0.05) is 59.0 Å². The van der Waals surface area contributed by atoms with E-state index in [-0.39, 0.29) is 34.7 Å². The minimum absolute atomic E-state index is 0.0149. The van der Waals surface area contributed by atoms with Gasteiger partial charge in [-0.05, 0) is 66.3 Å². The van der Waals surface area contributed by atoms with Crippen LogP contribution in [0.15, 0.2) is 71.6 Å². The van der Waals surface area contributed by atoms with Crippen LogP contribution in [0.25, 0.3) is 0 Å². The topological polar surface area (TPSA) is 108 Å². The van der Waals surface area contributed by atoms with Crippen molar-refractivity contribution in [3.63, 3.8) is 0 Å². The molecule has 1 aliphatic heterocycles. The minimum Gasteiger partial charge on any atom is -0.490 e. The lowest BCUT2D eigenvalue weighted by Crippen LogP contribution is -2.42. The first-order chi connectivity index (χ1) is 20.3. The monoisotopic (exact) mass is 584 g/mol. The van der Waals surface area contributed by atoms with Crippen LogP contribution in [0.5, 0.6) is 11.5 Å². The first-order valence-corrected chi connectivity index (χ1v) is 14.9. The predicted molar refractivity (Wildman–Crippen MR) is 165 cm³/mol. The molecule has 2 aliphatic carbocycles. The summed E-state index contributed by atoms with van der Waals surface area (Å²) in [6.07, 6.45) is 4.55. The normalized spacial score (nSPS) is 19.4. The molecular weight excluding hydrogens is 544 g/mol. The Labute approximate surface area is 253 Å². The summed E-state index contributed by atoms with van der Waals surface area (Å²) >= 11 is 0. The highest BCUT2D eigenvalue weighted by atomic mass is 16.6. The third-order valence-electron chi connectivity index (χ3n) is 8.40. The molecule has 1 heterocycles. The van der Waals surface area contributed by atoms with Crippen LogP contribution in [0, 0.1) is 20.9 Å². The number of ketones is 2. The number of carbonyl (C=O) groups is 2. The van der Waals surface area contributed by atoms with Gasteiger partial charge in [0.15, 0.2) is 23.1 Å². The number of nitrogens with one attached hydrogen (secondary N) is 1. The van der Waals surface area contributed by atoms with E-state index in [1.165, 1.54) is 12.1 Å². The fraction of sp³-hybridized carbons (Fsp3) is 0.429. The van der Waals surface area contributed by atoms with Gasteiger partial charge < -0.3 is 14.8 Å². The summed E-state index contributed by atoms with van der Waals surface area (Å²) in [5, 5.41) is 14.6. The number of benzene rings is 2. The molecule has 5 rings (SSSR count). The Morgan fingerprint density at radius 1 is 0.953 bits per heavy atom. The summed E-state index contributed by atoms with van der Waals surface area (Å²) in [4.78, 5) is 38.2. The Morgan fingerprint density at radius 3 is 2.05 bits per heavy atom. The Morgan fingerprint density at radius 2 is 1.53 bits per heavy atom. The fourth-order valence-electron chi connectivity index (χ4n) is 6.68. The largest absolute Gasteiger partial charge is 0.490 e. The van der Waals surface area contributed by atoms with Crippen molar-refractivity contribution in [2.24, 2.45) is 10.8 Å². The van der Waals surface area contributed by atoms with Gasteiger partial charge in [0.05, 0.1) is 11.5 Å². The molecule has 8 heteroatoms. The highest BCUT2D eigenvalue weighted by Crippen LogP contribution is 2.52. The van der Waals surface area contributed by atoms with E-state index in [0.29, 0.717) is 48.5 Å². The van der Waals surface area contributed by atoms with Crippen LogP contribution < -0.4 is 14.8 Å². The van der Waals surface area contributed by atoms with E-state index in [2.05, 4.69) is 39.6 Å². The second-order valence-corrected chi connectivity index (χ2v) is 13.4. The lowest BCUT2D eigenvalue weighted by molar-refractivity contribution is -0.384. The van der Waals surface area contributed by atoms with Crippen LogP contribution >= 0.6 is 0 Å². The maximum absolute atomic E-state index is 13.8. The number of hydrogen-bond donors (Lipinski definition) is 1. The second kappa shape index (κ2) is 11.5. The van der Waals surface area contributed by atoms with Crippen molar-refractivity contribution >= 4 is 17.3 Å². The summed E-state index contributed by atoms with van der Waals surface area (Å²) < 4.78 is 12.4. The van der Waals surface area contributed by atoms with Crippen LogP contribution in [-0.2, 0) is 22.6 Å². The van der Waals surface area contributed by atoms with Crippen molar-refractivity contribution in [1.29, 1.82) is 0 Å². The average molecular weight is 585 g/mol. The summed E-state index contributed by atoms with van der Waals surface area (Å²) in [5.41, 5.74) is 5.26. The molecular formula is C35H40N2O6. The number of nitro groups is 1. The number of nitrogens with zero attached hydrogens (tertiary/aromatic N) is 1. The zero-order valence-electron chi connectivity index (χ0n) is 25.7. The van der Waals surface area contributed by atoms with Crippen molar-refractivity contribution in [2.45, 2.75) is 79.2 Å². The molecule has 0 unspecified atom stereocenters. The van der Waals surface area contributed by atoms with Crippen molar-refractivity contribution in [2.75, 3.05) is 6.61 Å². The fourth-order valence-corrected chi connectivity index (χ4v) is 6.68. The number of hydrogen-bond acceptors (Lipinski definition) is 7. The molecule has 226 valence electrons. The van der Waals surface area contributed by atoms with E-state index in [1.807, 2.05) is 19.1 Å². The maximum Gasteiger partial charge on any atom is 0.269 e. The number of nitro benzene ring substituents is 1. The molecule has 0 amide bonds. The number of allylic oxidation sites excluding steroid dienone is 5. The molecule has 43 heavy (non-hydrogen) atoms. The van der Waals surface area contributed by atoms with Crippen molar-refractivity contribution < 1.29 is 24.0 Å². The van der Waals surface area contributed by atoms with E-state index >= 15 is 0 Å². The third kappa shape index (κ3) is 6.14. The quantitative estimate of drug-likeness (QED) is 0.188. The Hall–Kier alpha value is -4.20. The highest BCUT2D eigenvalue weighted by molar-refractivity contribution is 6.06. The van der Waals surface area contributed by atoms with E-state index < -0.39 is 10.8 Å². The SMILES string of the molecule is C=CCc1cc(C2C3=C(CC(C)(C)CC3=O)NC3=C2C(=O)CC(C)(C)C3)cc(OCC)c1OCc1ccc([N+](=O)[O-])cc1. The molecule has 2 aromatic carbocycles. The standard InChI is InChI=1S/C35H40N2O6/c1-7-9-22-14-23(15-29(42-8-2)33(22)43-20-21-10-12-24(13-11-21)37(40)41)30-31-25(16-34(3,4)18-27(31)38)36-26-17-35(5,6)19-28(39)32(26)30/h7,10-15,30,36H,1,8-9,16-20H2,2-6H3. The molecule has 0 aromatic heterocycles. The first-order valence-electron chi connectivity index (χ1n) is 14.9. The van der Waals surface area contributed by atoms with Crippen molar-refractivity contribution in [3.8, 4) is 11.5 Å². The van der Waals surface area contributed by atoms with Gasteiger partial charge in [0.25, 0.3) is 5.69 Å². The summed E-state index contributed by atoms with van der Waals surface area (Å²) in [6, 6.07) is 10.2. The van der Waals surface area contributed by atoms with Crippen LogP contribution in [0.2, 0.25) is 0 Å². The molecule has 0 radical (unpaired) electrons. The second-order valence-electron chi connectivity index (χ2n) is 13.4. The van der Waals surface area contributed by atoms with E-state index in [4.69, 9.17) is 9.47 Å². The van der Waals surface area contributed by atoms with Crippen molar-refractivity contribution in [1.82, 2.24) is 5.32 Å². The average Bonchev–Trinajstić information content (AvgIpc) is 2.90. The molecule has 0 bridgehead atoms. The van der Waals surface area contributed by atoms with Gasteiger partial charge in [-0.3, -0.25) is 19.7 Å². The Bertz CT molecular complexity index is 1510. The van der Waals surface area contributed by atoms with Gasteiger partial charge >= 0.3 is 0 Å². The first kappa shape index (κ1) is 30.3. The maximum atomic E-state index is 13.8. The number of carbonyl (C=O) groups excluding carboxylic acids is 2. The number of dihydropyridines is 1. The smallest absolute Gasteiger partial charge is 0.269 e. The molecule has 0 saturated heterocycles. The van der Waals surface area contributed by atoms with Crippen LogP contribution in [0.4, 0.5) is 5.69 Å². The van der Waals surface area contributed by atoms with Gasteiger partial charge in [-0.15, -0.1) is 6.58 Å². The van der Waals surface area contributed by atoms with Crippen LogP contribution in [0.1, 0.15) is 82.9 Å². The van der Waals surface area contributed by atoms with Crippen molar-refractivity contribution in [3.05, 3.63) is 98.4 Å². The number of Topliss-reactive ketones (excluding diaryl/α,β-unsaturated/α-hetero) is 2. The number of rotatable bonds is 9. The molecule has 0 fully saturated rings. The minimum atomic E-state index is -0.495. The highest BCUT2D eigenvalue weighted by Gasteiger charge is 2.46. The summed E-state index contributed by atoms with van der Waals surface area (Å²) in [6.45, 7) is 14.8. The Balaban J connectivity index is 1.62. The zero-order chi connectivity index (χ0) is 31.1. The van der Waals surface area contributed by atoms with Gasteiger partial charge in [-0.2, -0.15) is 0 Å². The molecule has 0 spiro atoms. The summed E-state index contributed by atoms with van der Waals surface area (Å²) in [5.74, 6) is 0.705. The number of non-ortho nitro benzene ring substituents is 1. The van der Waals surface area contributed by atoms with E-state index in [9.17, 15) is 19.7 Å². The van der Waals surface area contributed by atoms with Gasteiger partial charge in [-0.1, -0.05) is 39.8 Å². The lowest BCUT2D eigenvalue weighted by Gasteiger charge is -2.44. The van der Waals surface area contributed by atoms with Crippen LogP contribution in [-0.4, -0.2) is 23.1 Å². The van der Waals surface area contributed by atoms with E-state index in [0.717, 1.165) is 40.9 Å². The van der Waals surface area contributed by atoms with Gasteiger partial charge in [0.1, 0.15) is 6.61 Å². The van der Waals surface area contributed by atoms with Gasteiger partial charge in [-0.25, -0.2) is 0 Å². The number of ether oxygens (including phenoxy) is 2. The molecule has 0 atom stereocenters. The summed E-state index contributed by atoms with van der Waals surface area (Å²) in [7, 11) is 0. The zero-order valence-corrected chi connectivity index (χ0v) is 25.7. The molecule has 2 aromatic rings.